The van der Waals surface area contributed by atoms with E-state index < -0.39 is 0 Å². The average Bonchev–Trinajstić information content (AvgIpc) is 4.04. The van der Waals surface area contributed by atoms with Gasteiger partial charge < -0.3 is 9.13 Å². The van der Waals surface area contributed by atoms with Gasteiger partial charge in [0, 0.05) is 44.4 Å². The highest BCUT2D eigenvalue weighted by atomic mass is 15.0. The minimum Gasteiger partial charge on any atom is -0.309 e. The van der Waals surface area contributed by atoms with Gasteiger partial charge in [-0.2, -0.15) is 0 Å². The Morgan fingerprint density at radius 2 is 0.472 bits per heavy atom. The molecule has 0 aliphatic rings. The summed E-state index contributed by atoms with van der Waals surface area (Å²) in [6.45, 7) is 0. The lowest BCUT2D eigenvalue weighted by Crippen LogP contribution is -1.98. The Bertz CT molecular complexity index is 3630. The second-order valence-corrected chi connectivity index (χ2v) is 18.2. The van der Waals surface area contributed by atoms with E-state index in [0.29, 0.717) is 0 Å². The SMILES string of the molecule is c1ccc(-c2cc(-c3ccc(-n4c(-c5ccccc5)cc5cc6c(cc(-c7ccccc7)n6-c6ccc(-c7cc(-c8ccccc8)nc(-c8ccccc8)c7)cc6)cc54)cc3)cc(-c3ccccc3)n2)cc1. The normalized spacial score (nSPS) is 11.3. The third-order valence-corrected chi connectivity index (χ3v) is 13.7. The third kappa shape index (κ3) is 8.07. The van der Waals surface area contributed by atoms with E-state index in [0.717, 1.165) is 123 Å². The zero-order chi connectivity index (χ0) is 47.8. The molecule has 9 aromatic carbocycles. The number of rotatable bonds is 10. The van der Waals surface area contributed by atoms with Crippen LogP contribution in [0, 0.1) is 0 Å². The van der Waals surface area contributed by atoms with Crippen molar-refractivity contribution < 1.29 is 0 Å². The van der Waals surface area contributed by atoms with Gasteiger partial charge in [0.25, 0.3) is 0 Å². The first-order chi connectivity index (χ1) is 35.7. The molecule has 4 heteroatoms. The second kappa shape index (κ2) is 18.4. The molecule has 0 saturated heterocycles. The number of pyridine rings is 2. The fourth-order valence-corrected chi connectivity index (χ4v) is 10.1. The zero-order valence-corrected chi connectivity index (χ0v) is 39.3. The molecule has 0 radical (unpaired) electrons. The summed E-state index contributed by atoms with van der Waals surface area (Å²) in [5, 5.41) is 2.32. The largest absolute Gasteiger partial charge is 0.309 e. The van der Waals surface area contributed by atoms with Gasteiger partial charge in [-0.15, -0.1) is 0 Å². The Balaban J connectivity index is 0.933. The van der Waals surface area contributed by atoms with Crippen molar-refractivity contribution in [3.05, 3.63) is 279 Å². The molecular weight excluding hydrogens is 873 g/mol. The smallest absolute Gasteiger partial charge is 0.0715 e. The molecule has 338 valence electrons. The summed E-state index contributed by atoms with van der Waals surface area (Å²) < 4.78 is 4.84. The maximum Gasteiger partial charge on any atom is 0.0715 e. The van der Waals surface area contributed by atoms with Crippen LogP contribution in [0.2, 0.25) is 0 Å². The molecule has 4 nitrogen and oxygen atoms in total. The van der Waals surface area contributed by atoms with Crippen molar-refractivity contribution in [2.75, 3.05) is 0 Å². The van der Waals surface area contributed by atoms with Crippen molar-refractivity contribution in [2.24, 2.45) is 0 Å². The molecule has 0 bridgehead atoms. The molecule has 13 rings (SSSR count). The van der Waals surface area contributed by atoms with Crippen LogP contribution in [-0.2, 0) is 0 Å². The summed E-state index contributed by atoms with van der Waals surface area (Å²) in [6, 6.07) is 99.5. The summed E-state index contributed by atoms with van der Waals surface area (Å²) in [5.74, 6) is 0. The molecule has 0 N–H and O–H groups in total. The maximum atomic E-state index is 5.14. The number of fused-ring (bicyclic) bond motifs is 2. The van der Waals surface area contributed by atoms with Gasteiger partial charge in [0.15, 0.2) is 0 Å². The van der Waals surface area contributed by atoms with Crippen molar-refractivity contribution in [1.82, 2.24) is 19.1 Å². The van der Waals surface area contributed by atoms with Crippen molar-refractivity contribution in [2.45, 2.75) is 0 Å². The van der Waals surface area contributed by atoms with Crippen LogP contribution >= 0.6 is 0 Å². The van der Waals surface area contributed by atoms with E-state index in [2.05, 4.69) is 264 Å². The van der Waals surface area contributed by atoms with Gasteiger partial charge in [0.1, 0.15) is 0 Å². The molecule has 0 fully saturated rings. The first-order valence-electron chi connectivity index (χ1n) is 24.5. The standard InChI is InChI=1S/C68H46N4/c1-7-19-49(20-8-1)61-39-55(40-62(69-61)50-21-9-2-10-22-50)47-31-35-59(36-32-47)71-65(53-27-15-5-16-28-53)43-57-46-68-58(45-67(57)71)44-66(54-29-17-6-18-30-54)72(68)60-37-33-48(34-38-60)56-41-63(51-23-11-3-12-24-51)70-64(42-56)52-25-13-4-14-26-52/h1-46H. The van der Waals surface area contributed by atoms with E-state index in [1.54, 1.807) is 0 Å². The van der Waals surface area contributed by atoms with Gasteiger partial charge in [-0.1, -0.05) is 206 Å². The minimum atomic E-state index is 0.948. The van der Waals surface area contributed by atoms with Crippen LogP contribution in [0.5, 0.6) is 0 Å². The van der Waals surface area contributed by atoms with Crippen molar-refractivity contribution >= 4 is 21.8 Å². The lowest BCUT2D eigenvalue weighted by Gasteiger charge is -2.14. The third-order valence-electron chi connectivity index (χ3n) is 13.7. The summed E-state index contributed by atoms with van der Waals surface area (Å²) in [7, 11) is 0. The highest BCUT2D eigenvalue weighted by Gasteiger charge is 2.20. The molecular formula is C68H46N4. The molecule has 0 amide bonds. The number of hydrogen-bond donors (Lipinski definition) is 0. The van der Waals surface area contributed by atoms with Crippen molar-refractivity contribution in [1.29, 1.82) is 0 Å². The van der Waals surface area contributed by atoms with Crippen LogP contribution < -0.4 is 0 Å². The number of hydrogen-bond acceptors (Lipinski definition) is 2. The number of aromatic nitrogens is 4. The van der Waals surface area contributed by atoms with Gasteiger partial charge in [-0.05, 0) is 106 Å². The van der Waals surface area contributed by atoms with E-state index in [-0.39, 0.29) is 0 Å². The summed E-state index contributed by atoms with van der Waals surface area (Å²) in [5.41, 5.74) is 21.7. The molecule has 0 aliphatic heterocycles. The van der Waals surface area contributed by atoms with Gasteiger partial charge in [0.2, 0.25) is 0 Å². The first kappa shape index (κ1) is 42.5. The Labute approximate surface area is 419 Å². The van der Waals surface area contributed by atoms with Crippen molar-refractivity contribution in [3.63, 3.8) is 0 Å². The molecule has 0 saturated carbocycles. The fourth-order valence-electron chi connectivity index (χ4n) is 10.1. The molecule has 72 heavy (non-hydrogen) atoms. The van der Waals surface area contributed by atoms with E-state index in [9.17, 15) is 0 Å². The van der Waals surface area contributed by atoms with Crippen molar-refractivity contribution in [3.8, 4) is 101 Å². The molecule has 0 aliphatic carbocycles. The van der Waals surface area contributed by atoms with Crippen LogP contribution in [0.15, 0.2) is 279 Å². The highest BCUT2D eigenvalue weighted by Crippen LogP contribution is 2.40. The zero-order valence-electron chi connectivity index (χ0n) is 39.3. The van der Waals surface area contributed by atoms with E-state index in [1.807, 2.05) is 24.3 Å². The van der Waals surface area contributed by atoms with E-state index in [4.69, 9.17) is 9.97 Å². The van der Waals surface area contributed by atoms with Gasteiger partial charge in [-0.25, -0.2) is 9.97 Å². The summed E-state index contributed by atoms with van der Waals surface area (Å²) in [4.78, 5) is 10.3. The molecule has 4 heterocycles. The molecule has 0 spiro atoms. The van der Waals surface area contributed by atoms with Gasteiger partial charge >= 0.3 is 0 Å². The van der Waals surface area contributed by atoms with Crippen LogP contribution in [-0.4, -0.2) is 19.1 Å². The Morgan fingerprint density at radius 3 is 0.750 bits per heavy atom. The quantitative estimate of drug-likeness (QED) is 0.137. The predicted molar refractivity (Wildman–Crippen MR) is 299 cm³/mol. The van der Waals surface area contributed by atoms with E-state index in [1.165, 1.54) is 0 Å². The van der Waals surface area contributed by atoms with Gasteiger partial charge in [0.05, 0.1) is 45.2 Å². The second-order valence-electron chi connectivity index (χ2n) is 18.2. The Hall–Kier alpha value is -9.64. The van der Waals surface area contributed by atoms with Crippen LogP contribution in [0.3, 0.4) is 0 Å². The van der Waals surface area contributed by atoms with Crippen LogP contribution in [0.4, 0.5) is 0 Å². The monoisotopic (exact) mass is 918 g/mol. The number of benzene rings is 9. The summed E-state index contributed by atoms with van der Waals surface area (Å²) in [6.07, 6.45) is 0. The average molecular weight is 919 g/mol. The van der Waals surface area contributed by atoms with Crippen LogP contribution in [0.1, 0.15) is 0 Å². The lowest BCUT2D eigenvalue weighted by atomic mass is 9.99. The first-order valence-corrected chi connectivity index (χ1v) is 24.5. The fraction of sp³-hybridized carbons (Fsp3) is 0. The van der Waals surface area contributed by atoms with E-state index >= 15 is 0 Å². The molecule has 0 atom stereocenters. The topological polar surface area (TPSA) is 35.6 Å². The summed E-state index contributed by atoms with van der Waals surface area (Å²) >= 11 is 0. The Kier molecular flexibility index (Phi) is 10.8. The minimum absolute atomic E-state index is 0.948. The number of nitrogens with zero attached hydrogens (tertiary/aromatic N) is 4. The molecule has 13 aromatic rings. The predicted octanol–water partition coefficient (Wildman–Crippen LogP) is 17.7. The molecule has 0 unspecified atom stereocenters. The maximum absolute atomic E-state index is 5.14. The van der Waals surface area contributed by atoms with Gasteiger partial charge in [-0.3, -0.25) is 0 Å². The van der Waals surface area contributed by atoms with Crippen LogP contribution in [0.25, 0.3) is 123 Å². The molecule has 4 aromatic heterocycles. The highest BCUT2D eigenvalue weighted by molar-refractivity contribution is 6.02. The lowest BCUT2D eigenvalue weighted by molar-refractivity contribution is 1.13. The Morgan fingerprint density at radius 1 is 0.208 bits per heavy atom.